The molecule has 1 aliphatic carbocycles. The molecule has 5 rings (SSSR count). The van der Waals surface area contributed by atoms with Gasteiger partial charge in [-0.05, 0) is 43.7 Å². The van der Waals surface area contributed by atoms with Crippen LogP contribution in [-0.4, -0.2) is 38.6 Å². The number of hydrogen-bond acceptors (Lipinski definition) is 4. The zero-order chi connectivity index (χ0) is 21.4. The first-order chi connectivity index (χ1) is 15.1. The van der Waals surface area contributed by atoms with Gasteiger partial charge in [-0.2, -0.15) is 0 Å². The molecule has 1 saturated carbocycles. The van der Waals surface area contributed by atoms with Crippen molar-refractivity contribution in [1.29, 1.82) is 0 Å². The van der Waals surface area contributed by atoms with Gasteiger partial charge in [-0.15, -0.1) is 0 Å². The Balaban J connectivity index is 1.34. The molecule has 1 aromatic carbocycles. The second kappa shape index (κ2) is 8.38. The minimum absolute atomic E-state index is 0.00782. The van der Waals surface area contributed by atoms with E-state index >= 15 is 0 Å². The second-order valence-electron chi connectivity index (χ2n) is 8.69. The first-order valence-corrected chi connectivity index (χ1v) is 10.8. The summed E-state index contributed by atoms with van der Waals surface area (Å²) in [5.41, 5.74) is 0.545. The van der Waals surface area contributed by atoms with Gasteiger partial charge in [0.2, 0.25) is 5.88 Å². The lowest BCUT2D eigenvalue weighted by molar-refractivity contribution is 0.0504. The van der Waals surface area contributed by atoms with Crippen molar-refractivity contribution >= 4 is 0 Å². The molecule has 2 fully saturated rings. The van der Waals surface area contributed by atoms with E-state index in [-0.39, 0.29) is 12.1 Å². The molecular weight excluding hydrogens is 398 g/mol. The lowest BCUT2D eigenvalue weighted by Gasteiger charge is -2.38. The van der Waals surface area contributed by atoms with Crippen LogP contribution in [0.1, 0.15) is 30.3 Å². The van der Waals surface area contributed by atoms with E-state index in [4.69, 9.17) is 4.74 Å². The van der Waals surface area contributed by atoms with Crippen molar-refractivity contribution in [2.75, 3.05) is 13.1 Å². The van der Waals surface area contributed by atoms with Crippen LogP contribution in [0.5, 0.6) is 5.88 Å². The standard InChI is InChI=1S/C24H26F2N4O/c1-16-27-8-9-30(16)22-10-18-14-29(13-17-5-6-20(25)12-21(17)26)15-19(18)11-23(22)31-24-4-2-3-7-28-24/h2-9,12,18-19,22-23H,10-11,13-15H2,1H3/t18-,19+,22-,23-/m0/s1. The highest BCUT2D eigenvalue weighted by molar-refractivity contribution is 5.19. The normalized spacial score (nSPS) is 26.0. The molecule has 2 aliphatic rings. The maximum absolute atomic E-state index is 14.2. The molecule has 0 N–H and O–H groups in total. The minimum atomic E-state index is -0.538. The van der Waals surface area contributed by atoms with E-state index < -0.39 is 11.6 Å². The predicted molar refractivity (Wildman–Crippen MR) is 113 cm³/mol. The molecule has 4 atom stereocenters. The lowest BCUT2D eigenvalue weighted by Crippen LogP contribution is -2.40. The molecule has 0 spiro atoms. The number of halogens is 2. The number of nitrogens with zero attached hydrogens (tertiary/aromatic N) is 4. The summed E-state index contributed by atoms with van der Waals surface area (Å²) in [7, 11) is 0. The zero-order valence-corrected chi connectivity index (χ0v) is 17.5. The van der Waals surface area contributed by atoms with Crippen molar-refractivity contribution in [3.8, 4) is 5.88 Å². The largest absolute Gasteiger partial charge is 0.472 e. The fraction of sp³-hybridized carbons (Fsp3) is 0.417. The van der Waals surface area contributed by atoms with Crippen LogP contribution in [0.15, 0.2) is 55.0 Å². The fourth-order valence-electron chi connectivity index (χ4n) is 5.24. The first kappa shape index (κ1) is 20.1. The summed E-state index contributed by atoms with van der Waals surface area (Å²) < 4.78 is 36.0. The van der Waals surface area contributed by atoms with E-state index in [0.29, 0.717) is 29.8 Å². The maximum atomic E-state index is 14.2. The third-order valence-electron chi connectivity index (χ3n) is 6.70. The summed E-state index contributed by atoms with van der Waals surface area (Å²) in [5.74, 6) is 1.57. The van der Waals surface area contributed by atoms with Gasteiger partial charge in [0.25, 0.3) is 0 Å². The van der Waals surface area contributed by atoms with E-state index in [9.17, 15) is 8.78 Å². The smallest absolute Gasteiger partial charge is 0.213 e. The van der Waals surface area contributed by atoms with Crippen molar-refractivity contribution in [2.45, 2.75) is 38.5 Å². The van der Waals surface area contributed by atoms with E-state index in [1.165, 1.54) is 6.07 Å². The molecular formula is C24H26F2N4O. The van der Waals surface area contributed by atoms with Crippen LogP contribution in [0.2, 0.25) is 0 Å². The summed E-state index contributed by atoms with van der Waals surface area (Å²) in [5, 5.41) is 0. The minimum Gasteiger partial charge on any atom is -0.472 e. The van der Waals surface area contributed by atoms with E-state index in [1.807, 2.05) is 37.5 Å². The number of benzene rings is 1. The molecule has 1 saturated heterocycles. The Labute approximate surface area is 180 Å². The summed E-state index contributed by atoms with van der Waals surface area (Å²) in [6.07, 6.45) is 7.47. The number of aryl methyl sites for hydroxylation is 1. The van der Waals surface area contributed by atoms with Crippen molar-refractivity contribution in [2.24, 2.45) is 11.8 Å². The van der Waals surface area contributed by atoms with Crippen LogP contribution in [0, 0.1) is 30.4 Å². The fourth-order valence-corrected chi connectivity index (χ4v) is 5.24. The van der Waals surface area contributed by atoms with Crippen LogP contribution in [-0.2, 0) is 6.54 Å². The highest BCUT2D eigenvalue weighted by atomic mass is 19.1. The molecule has 0 unspecified atom stereocenters. The van der Waals surface area contributed by atoms with Crippen molar-refractivity contribution in [3.63, 3.8) is 0 Å². The van der Waals surface area contributed by atoms with Crippen LogP contribution in [0.25, 0.3) is 0 Å². The van der Waals surface area contributed by atoms with Gasteiger partial charge in [0.15, 0.2) is 0 Å². The Hall–Kier alpha value is -2.80. The average molecular weight is 424 g/mol. The number of likely N-dealkylation sites (tertiary alicyclic amines) is 1. The van der Waals surface area contributed by atoms with E-state index in [2.05, 4.69) is 19.4 Å². The Kier molecular flexibility index (Phi) is 5.44. The van der Waals surface area contributed by atoms with Crippen LogP contribution < -0.4 is 4.74 Å². The van der Waals surface area contributed by atoms with E-state index in [1.54, 1.807) is 12.3 Å². The third kappa shape index (κ3) is 4.19. The Morgan fingerprint density at radius 2 is 1.87 bits per heavy atom. The van der Waals surface area contributed by atoms with Crippen LogP contribution in [0.3, 0.4) is 0 Å². The Morgan fingerprint density at radius 3 is 2.58 bits per heavy atom. The monoisotopic (exact) mass is 424 g/mol. The van der Waals surface area contributed by atoms with Gasteiger partial charge in [0.1, 0.15) is 23.6 Å². The number of hydrogen-bond donors (Lipinski definition) is 0. The van der Waals surface area contributed by atoms with Crippen LogP contribution in [0.4, 0.5) is 8.78 Å². The Bertz CT molecular complexity index is 1040. The third-order valence-corrected chi connectivity index (χ3v) is 6.70. The number of aromatic nitrogens is 3. The van der Waals surface area contributed by atoms with Gasteiger partial charge >= 0.3 is 0 Å². The highest BCUT2D eigenvalue weighted by Crippen LogP contribution is 2.43. The van der Waals surface area contributed by atoms with Gasteiger partial charge in [-0.1, -0.05) is 12.1 Å². The quantitative estimate of drug-likeness (QED) is 0.609. The van der Waals surface area contributed by atoms with Gasteiger partial charge in [-0.3, -0.25) is 4.90 Å². The molecule has 0 radical (unpaired) electrons. The van der Waals surface area contributed by atoms with Crippen LogP contribution >= 0.6 is 0 Å². The number of imidazole rings is 1. The maximum Gasteiger partial charge on any atom is 0.213 e. The number of pyridine rings is 1. The molecule has 3 heterocycles. The Morgan fingerprint density at radius 1 is 1.03 bits per heavy atom. The highest BCUT2D eigenvalue weighted by Gasteiger charge is 2.44. The first-order valence-electron chi connectivity index (χ1n) is 10.8. The SMILES string of the molecule is Cc1nccn1[C@H]1C[C@H]2CN(Cc3ccc(F)cc3F)C[C@H]2C[C@@H]1Oc1ccccn1. The molecule has 3 aromatic rings. The predicted octanol–water partition coefficient (Wildman–Crippen LogP) is 4.40. The summed E-state index contributed by atoms with van der Waals surface area (Å²) in [6.45, 7) is 4.31. The number of fused-ring (bicyclic) bond motifs is 1. The molecule has 2 aromatic heterocycles. The summed E-state index contributed by atoms with van der Waals surface area (Å²) in [4.78, 5) is 11.1. The molecule has 0 amide bonds. The van der Waals surface area contributed by atoms with E-state index in [0.717, 1.165) is 37.8 Å². The van der Waals surface area contributed by atoms with Gasteiger partial charge in [0.05, 0.1) is 6.04 Å². The molecule has 162 valence electrons. The van der Waals surface area contributed by atoms with Gasteiger partial charge < -0.3 is 9.30 Å². The molecule has 5 nitrogen and oxygen atoms in total. The molecule has 31 heavy (non-hydrogen) atoms. The van der Waals surface area contributed by atoms with Gasteiger partial charge in [-0.25, -0.2) is 18.7 Å². The number of ether oxygens (including phenoxy) is 1. The molecule has 7 heteroatoms. The zero-order valence-electron chi connectivity index (χ0n) is 17.5. The van der Waals surface area contributed by atoms with Crippen molar-refractivity contribution < 1.29 is 13.5 Å². The summed E-state index contributed by atoms with van der Waals surface area (Å²) in [6, 6.07) is 9.72. The number of rotatable bonds is 5. The molecule has 1 aliphatic heterocycles. The summed E-state index contributed by atoms with van der Waals surface area (Å²) >= 11 is 0. The average Bonchev–Trinajstić information content (AvgIpc) is 3.35. The lowest BCUT2D eigenvalue weighted by atomic mass is 9.77. The molecule has 0 bridgehead atoms. The second-order valence-corrected chi connectivity index (χ2v) is 8.69. The van der Waals surface area contributed by atoms with Crippen molar-refractivity contribution in [3.05, 3.63) is 78.0 Å². The van der Waals surface area contributed by atoms with Crippen molar-refractivity contribution in [1.82, 2.24) is 19.4 Å². The topological polar surface area (TPSA) is 43.2 Å². The van der Waals surface area contributed by atoms with Gasteiger partial charge in [0, 0.05) is 55.9 Å².